The van der Waals surface area contributed by atoms with E-state index in [-0.39, 0.29) is 28.3 Å². The van der Waals surface area contributed by atoms with Gasteiger partial charge in [-0.2, -0.15) is 5.10 Å². The number of aliphatic hydroxyl groups excluding tert-OH is 1. The summed E-state index contributed by atoms with van der Waals surface area (Å²) in [6.45, 7) is 0. The van der Waals surface area contributed by atoms with Crippen LogP contribution >= 0.6 is 0 Å². The Hall–Kier alpha value is -2.40. The van der Waals surface area contributed by atoms with Gasteiger partial charge in [-0.1, -0.05) is 0 Å². The molecule has 3 N–H and O–H groups in total. The van der Waals surface area contributed by atoms with Crippen LogP contribution in [0.25, 0.3) is 11.3 Å². The molecule has 124 valence electrons. The first-order valence-corrected chi connectivity index (χ1v) is 8.46. The number of aromatic nitrogens is 3. The van der Waals surface area contributed by atoms with Crippen LogP contribution in [0.4, 0.5) is 0 Å². The van der Waals surface area contributed by atoms with Gasteiger partial charge in [0.25, 0.3) is 5.56 Å². The van der Waals surface area contributed by atoms with Crippen molar-refractivity contribution in [1.82, 2.24) is 14.9 Å². The van der Waals surface area contributed by atoms with Gasteiger partial charge in [0, 0.05) is 12.4 Å². The van der Waals surface area contributed by atoms with Gasteiger partial charge in [0.2, 0.25) is 0 Å². The zero-order valence-electron chi connectivity index (χ0n) is 12.0. The van der Waals surface area contributed by atoms with Crippen molar-refractivity contribution in [1.29, 1.82) is 0 Å². The molecule has 0 aliphatic carbocycles. The van der Waals surface area contributed by atoms with E-state index in [9.17, 15) is 23.1 Å². The minimum atomic E-state index is -3.33. The number of pyridine rings is 1. The predicted octanol–water partition coefficient (Wildman–Crippen LogP) is -1.84. The minimum Gasteiger partial charge on any atom is -0.465 e. The van der Waals surface area contributed by atoms with Crippen molar-refractivity contribution in [3.63, 3.8) is 0 Å². The van der Waals surface area contributed by atoms with Gasteiger partial charge < -0.3 is 15.3 Å². The van der Waals surface area contributed by atoms with E-state index in [0.717, 1.165) is 0 Å². The molecule has 11 heteroatoms. The Kier molecular flexibility index (Phi) is 3.60. The molecule has 23 heavy (non-hydrogen) atoms. The largest absolute Gasteiger partial charge is 0.465 e. The van der Waals surface area contributed by atoms with Crippen LogP contribution < -0.4 is 11.0 Å². The van der Waals surface area contributed by atoms with Crippen LogP contribution in [0.1, 0.15) is 10.4 Å². The van der Waals surface area contributed by atoms with E-state index in [4.69, 9.17) is 0 Å². The van der Waals surface area contributed by atoms with Gasteiger partial charge >= 0.3 is 5.97 Å². The van der Waals surface area contributed by atoms with Crippen molar-refractivity contribution in [2.75, 3.05) is 24.0 Å². The van der Waals surface area contributed by atoms with Crippen LogP contribution in [-0.2, 0) is 14.6 Å². The van der Waals surface area contributed by atoms with Crippen molar-refractivity contribution < 1.29 is 23.1 Å². The van der Waals surface area contributed by atoms with Crippen LogP contribution in [0.15, 0.2) is 17.2 Å². The first-order chi connectivity index (χ1) is 10.8. The number of rotatable bonds is 3. The average molecular weight is 342 g/mol. The molecule has 0 spiro atoms. The van der Waals surface area contributed by atoms with Crippen LogP contribution in [0.2, 0.25) is 0 Å². The zero-order valence-corrected chi connectivity index (χ0v) is 12.8. The predicted molar refractivity (Wildman–Crippen MR) is 78.6 cm³/mol. The quantitative estimate of drug-likeness (QED) is 0.552. The van der Waals surface area contributed by atoms with Gasteiger partial charge in [-0.05, 0) is 0 Å². The number of aliphatic hydroxyl groups is 1. The van der Waals surface area contributed by atoms with E-state index >= 15 is 0 Å². The molecule has 0 radical (unpaired) electrons. The highest BCUT2D eigenvalue weighted by atomic mass is 32.2. The van der Waals surface area contributed by atoms with E-state index in [0.29, 0.717) is 0 Å². The van der Waals surface area contributed by atoms with Gasteiger partial charge in [-0.15, -0.1) is 0 Å². The summed E-state index contributed by atoms with van der Waals surface area (Å²) in [5.74, 6) is -1.28. The number of methoxy groups -OCH3 is 1. The average Bonchev–Trinajstić information content (AvgIpc) is 2.97. The molecule has 3 rings (SSSR count). The molecule has 3 heterocycles. The van der Waals surface area contributed by atoms with E-state index in [2.05, 4.69) is 20.4 Å². The van der Waals surface area contributed by atoms with Crippen molar-refractivity contribution in [2.24, 2.45) is 0 Å². The molecular formula is C12H14N4O6S. The first-order valence-electron chi connectivity index (χ1n) is 6.64. The summed E-state index contributed by atoms with van der Waals surface area (Å²) in [7, 11) is -2.14. The number of aromatic amines is 1. The highest BCUT2D eigenvalue weighted by Gasteiger charge is 2.37. The lowest BCUT2D eigenvalue weighted by atomic mass is 10.1. The van der Waals surface area contributed by atoms with Crippen LogP contribution in [0, 0.1) is 0 Å². The van der Waals surface area contributed by atoms with Gasteiger partial charge in [0.15, 0.2) is 9.84 Å². The normalized spacial score (nSPS) is 23.0. The Balaban J connectivity index is 2.01. The molecule has 2 atom stereocenters. The number of hydrogen-bond donors (Lipinski definition) is 3. The summed E-state index contributed by atoms with van der Waals surface area (Å²) in [6, 6.07) is -0.755. The number of ether oxygens (including phenoxy) is 1. The molecule has 0 aromatic heterocycles. The zero-order chi connectivity index (χ0) is 16.8. The number of nitrogens with one attached hydrogen (secondary N) is 2. The third-order valence-electron chi connectivity index (χ3n) is 3.60. The summed E-state index contributed by atoms with van der Waals surface area (Å²) in [5.41, 5.74) is 2.60. The molecule has 10 nitrogen and oxygen atoms in total. The van der Waals surface area contributed by atoms with Gasteiger partial charge in [0.05, 0.1) is 36.3 Å². The van der Waals surface area contributed by atoms with Crippen molar-refractivity contribution in [3.8, 4) is 11.3 Å². The minimum absolute atomic E-state index is 0.0335. The standard InChI is InChI=1S/C12H14N4O6S/c1-22-12(19)7-3-16(2-6-10(7)13-14-11(6)18)15-8-4-23(20,21)5-9(8)17/h2-3,8-9,15,17H,4-5H2,1H3,(H,14,18). The van der Waals surface area contributed by atoms with Crippen LogP contribution in [-0.4, -0.2) is 65.1 Å². The number of esters is 1. The number of nitrogens with zero attached hydrogens (tertiary/aromatic N) is 2. The number of carbonyl (C=O) groups is 1. The SMILES string of the molecule is COC(=O)c1cn(NC2CS(=O)(=O)CC2O)cc2c(=O)[nH]nc1-2. The Morgan fingerprint density at radius 2 is 2.22 bits per heavy atom. The third-order valence-corrected chi connectivity index (χ3v) is 5.32. The van der Waals surface area contributed by atoms with E-state index in [1.54, 1.807) is 0 Å². The molecule has 0 saturated carbocycles. The fourth-order valence-corrected chi connectivity index (χ4v) is 4.25. The summed E-state index contributed by atoms with van der Waals surface area (Å²) in [4.78, 5) is 23.6. The Morgan fingerprint density at radius 1 is 1.48 bits per heavy atom. The molecule has 0 aromatic rings. The highest BCUT2D eigenvalue weighted by Crippen LogP contribution is 2.21. The fraction of sp³-hybridized carbons (Fsp3) is 0.417. The maximum atomic E-state index is 11.8. The molecule has 1 fully saturated rings. The molecule has 0 bridgehead atoms. The lowest BCUT2D eigenvalue weighted by Gasteiger charge is -2.20. The lowest BCUT2D eigenvalue weighted by Crippen LogP contribution is -2.37. The summed E-state index contributed by atoms with van der Waals surface area (Å²) in [5, 5.41) is 15.8. The number of sulfone groups is 1. The lowest BCUT2D eigenvalue weighted by molar-refractivity contribution is 0.0600. The molecule has 0 amide bonds. The van der Waals surface area contributed by atoms with Crippen LogP contribution in [0.3, 0.4) is 0 Å². The molecule has 0 aromatic carbocycles. The number of carbonyl (C=O) groups excluding carboxylic acids is 1. The van der Waals surface area contributed by atoms with Gasteiger partial charge in [-0.25, -0.2) is 18.3 Å². The first kappa shape index (κ1) is 15.5. The Morgan fingerprint density at radius 3 is 2.83 bits per heavy atom. The molecule has 2 unspecified atom stereocenters. The van der Waals surface area contributed by atoms with Crippen molar-refractivity contribution in [2.45, 2.75) is 12.1 Å². The second-order valence-corrected chi connectivity index (χ2v) is 7.42. The second-order valence-electron chi connectivity index (χ2n) is 5.27. The topological polar surface area (TPSA) is 143 Å². The van der Waals surface area contributed by atoms with E-state index in [1.807, 2.05) is 0 Å². The Labute approximate surface area is 130 Å². The smallest absolute Gasteiger partial charge is 0.341 e. The second kappa shape index (κ2) is 5.35. The maximum absolute atomic E-state index is 11.8. The number of fused-ring (bicyclic) bond motifs is 1. The molecule has 1 saturated heterocycles. The Bertz CT molecular complexity index is 885. The number of hydrogen-bond acceptors (Lipinski definition) is 8. The number of H-pyrrole nitrogens is 1. The maximum Gasteiger partial charge on any atom is 0.341 e. The molecule has 3 aliphatic heterocycles. The monoisotopic (exact) mass is 342 g/mol. The molecular weight excluding hydrogens is 328 g/mol. The highest BCUT2D eigenvalue weighted by molar-refractivity contribution is 7.91. The molecule has 3 aliphatic rings. The van der Waals surface area contributed by atoms with Gasteiger partial charge in [-0.3, -0.25) is 9.47 Å². The van der Waals surface area contributed by atoms with Crippen LogP contribution in [0.5, 0.6) is 0 Å². The van der Waals surface area contributed by atoms with Crippen molar-refractivity contribution in [3.05, 3.63) is 28.3 Å². The fourth-order valence-electron chi connectivity index (χ4n) is 2.51. The summed E-state index contributed by atoms with van der Waals surface area (Å²) in [6.07, 6.45) is 1.61. The van der Waals surface area contributed by atoms with E-state index in [1.165, 1.54) is 24.2 Å². The van der Waals surface area contributed by atoms with Gasteiger partial charge in [0.1, 0.15) is 11.3 Å². The third kappa shape index (κ3) is 2.80. The summed E-state index contributed by atoms with van der Waals surface area (Å²) >= 11 is 0. The van der Waals surface area contributed by atoms with E-state index < -0.39 is 33.5 Å². The summed E-state index contributed by atoms with van der Waals surface area (Å²) < 4.78 is 29.0. The van der Waals surface area contributed by atoms with Crippen molar-refractivity contribution >= 4 is 15.8 Å².